The molecule has 30 heavy (non-hydrogen) atoms. The van der Waals surface area contributed by atoms with Crippen molar-refractivity contribution in [3.8, 4) is 16.9 Å². The van der Waals surface area contributed by atoms with Crippen molar-refractivity contribution < 1.29 is 23.1 Å². The number of carbonyl (C=O) groups is 1. The van der Waals surface area contributed by atoms with Crippen LogP contribution in [0.2, 0.25) is 0 Å². The molecule has 0 saturated carbocycles. The maximum absolute atomic E-state index is 13.1. The third kappa shape index (κ3) is 3.96. The monoisotopic (exact) mass is 408 g/mol. The van der Waals surface area contributed by atoms with E-state index < -0.39 is 17.7 Å². The van der Waals surface area contributed by atoms with Gasteiger partial charge in [-0.25, -0.2) is 9.48 Å². The lowest BCUT2D eigenvalue weighted by Gasteiger charge is -2.08. The Morgan fingerprint density at radius 2 is 1.73 bits per heavy atom. The first-order valence-corrected chi connectivity index (χ1v) is 8.99. The number of nitrogens with zero attached hydrogens (tertiary/aromatic N) is 2. The Kier molecular flexibility index (Phi) is 4.87. The van der Waals surface area contributed by atoms with Crippen molar-refractivity contribution in [2.75, 3.05) is 0 Å². The molecule has 1 N–H and O–H groups in total. The summed E-state index contributed by atoms with van der Waals surface area (Å²) in [4.78, 5) is 11.0. The molecular weight excluding hydrogens is 393 g/mol. The lowest BCUT2D eigenvalue weighted by atomic mass is 10.0. The van der Waals surface area contributed by atoms with Crippen molar-refractivity contribution in [3.63, 3.8) is 0 Å². The highest BCUT2D eigenvalue weighted by atomic mass is 19.4. The summed E-state index contributed by atoms with van der Waals surface area (Å²) in [6.45, 7) is 0. The van der Waals surface area contributed by atoms with Crippen LogP contribution in [0.25, 0.3) is 33.8 Å². The fourth-order valence-corrected chi connectivity index (χ4v) is 3.19. The van der Waals surface area contributed by atoms with Gasteiger partial charge in [0.25, 0.3) is 0 Å². The number of aromatic nitrogens is 2. The first kappa shape index (κ1) is 19.4. The van der Waals surface area contributed by atoms with Crippen LogP contribution < -0.4 is 0 Å². The van der Waals surface area contributed by atoms with Gasteiger partial charge in [-0.2, -0.15) is 18.3 Å². The number of halogens is 3. The number of carboxylic acids is 1. The molecule has 3 aromatic carbocycles. The van der Waals surface area contributed by atoms with Gasteiger partial charge in [0.05, 0.1) is 16.9 Å². The minimum atomic E-state index is -4.48. The molecular formula is C23H15F3N2O2. The number of hydrogen-bond donors (Lipinski definition) is 1. The number of hydrogen-bond acceptors (Lipinski definition) is 2. The van der Waals surface area contributed by atoms with Crippen LogP contribution in [0.15, 0.2) is 79.0 Å². The molecule has 0 atom stereocenters. The first-order chi connectivity index (χ1) is 14.3. The molecule has 4 nitrogen and oxygen atoms in total. The van der Waals surface area contributed by atoms with Crippen molar-refractivity contribution in [2.24, 2.45) is 0 Å². The molecule has 4 aromatic rings. The lowest BCUT2D eigenvalue weighted by Crippen LogP contribution is -2.06. The number of carboxylic acid groups (broad SMARTS) is 1. The SMILES string of the molecule is O=C(O)/C=C/c1cn(-c2cccc(C(F)(F)F)c2)nc1-c1ccc2ccccc2c1. The van der Waals surface area contributed by atoms with E-state index in [1.54, 1.807) is 0 Å². The average Bonchev–Trinajstić information content (AvgIpc) is 3.16. The van der Waals surface area contributed by atoms with E-state index in [2.05, 4.69) is 5.10 Å². The third-order valence-electron chi connectivity index (χ3n) is 4.61. The fraction of sp³-hybridized carbons (Fsp3) is 0.0435. The Labute approximate surface area is 169 Å². The molecule has 4 rings (SSSR count). The summed E-state index contributed by atoms with van der Waals surface area (Å²) in [5.41, 5.74) is 1.11. The van der Waals surface area contributed by atoms with Crippen LogP contribution in [-0.4, -0.2) is 20.9 Å². The van der Waals surface area contributed by atoms with Crippen molar-refractivity contribution in [2.45, 2.75) is 6.18 Å². The summed E-state index contributed by atoms with van der Waals surface area (Å²) in [5.74, 6) is -1.13. The van der Waals surface area contributed by atoms with Gasteiger partial charge in [0.2, 0.25) is 0 Å². The van der Waals surface area contributed by atoms with Crippen molar-refractivity contribution in [3.05, 3.63) is 90.1 Å². The van der Waals surface area contributed by atoms with Crippen LogP contribution >= 0.6 is 0 Å². The van der Waals surface area contributed by atoms with Gasteiger partial charge in [-0.3, -0.25) is 0 Å². The van der Waals surface area contributed by atoms with E-state index in [1.807, 2.05) is 42.5 Å². The normalized spacial score (nSPS) is 12.0. The highest BCUT2D eigenvalue weighted by Gasteiger charge is 2.30. The summed E-state index contributed by atoms with van der Waals surface area (Å²) >= 11 is 0. The maximum Gasteiger partial charge on any atom is 0.416 e. The van der Waals surface area contributed by atoms with E-state index in [1.165, 1.54) is 29.1 Å². The van der Waals surface area contributed by atoms with Gasteiger partial charge in [0.1, 0.15) is 0 Å². The Morgan fingerprint density at radius 3 is 2.47 bits per heavy atom. The molecule has 0 fully saturated rings. The van der Waals surface area contributed by atoms with Crippen LogP contribution in [0.3, 0.4) is 0 Å². The maximum atomic E-state index is 13.1. The Bertz CT molecular complexity index is 1270. The second kappa shape index (κ2) is 7.51. The van der Waals surface area contributed by atoms with Crippen LogP contribution in [-0.2, 0) is 11.0 Å². The molecule has 150 valence electrons. The third-order valence-corrected chi connectivity index (χ3v) is 4.61. The topological polar surface area (TPSA) is 55.1 Å². The number of aliphatic carboxylic acids is 1. The predicted molar refractivity (Wildman–Crippen MR) is 108 cm³/mol. The van der Waals surface area contributed by atoms with Crippen molar-refractivity contribution in [1.82, 2.24) is 9.78 Å². The van der Waals surface area contributed by atoms with Gasteiger partial charge in [-0.05, 0) is 41.1 Å². The summed E-state index contributed by atoms with van der Waals surface area (Å²) in [6.07, 6.45) is -0.613. The van der Waals surface area contributed by atoms with Gasteiger partial charge in [0.15, 0.2) is 0 Å². The molecule has 0 bridgehead atoms. The summed E-state index contributed by atoms with van der Waals surface area (Å²) in [7, 11) is 0. The Hall–Kier alpha value is -3.87. The molecule has 1 aromatic heterocycles. The molecule has 0 aliphatic heterocycles. The Balaban J connectivity index is 1.85. The molecule has 0 unspecified atom stereocenters. The fourth-order valence-electron chi connectivity index (χ4n) is 3.19. The number of fused-ring (bicyclic) bond motifs is 1. The zero-order valence-corrected chi connectivity index (χ0v) is 15.5. The average molecular weight is 408 g/mol. The van der Waals surface area contributed by atoms with Crippen LogP contribution in [0.1, 0.15) is 11.1 Å². The second-order valence-electron chi connectivity index (χ2n) is 6.66. The van der Waals surface area contributed by atoms with Crippen LogP contribution in [0, 0.1) is 0 Å². The summed E-state index contributed by atoms with van der Waals surface area (Å²) in [6, 6.07) is 18.2. The van der Waals surface area contributed by atoms with Crippen LogP contribution in [0.5, 0.6) is 0 Å². The number of benzene rings is 3. The molecule has 0 aliphatic carbocycles. The quantitative estimate of drug-likeness (QED) is 0.434. The molecule has 1 heterocycles. The first-order valence-electron chi connectivity index (χ1n) is 8.99. The molecule has 0 amide bonds. The zero-order valence-electron chi connectivity index (χ0n) is 15.5. The Morgan fingerprint density at radius 1 is 0.967 bits per heavy atom. The molecule has 0 radical (unpaired) electrons. The number of alkyl halides is 3. The molecule has 0 spiro atoms. The van der Waals surface area contributed by atoms with E-state index in [-0.39, 0.29) is 5.69 Å². The van der Waals surface area contributed by atoms with E-state index in [4.69, 9.17) is 5.11 Å². The van der Waals surface area contributed by atoms with E-state index in [0.29, 0.717) is 11.3 Å². The largest absolute Gasteiger partial charge is 0.478 e. The summed E-state index contributed by atoms with van der Waals surface area (Å²) < 4.78 is 40.6. The van der Waals surface area contributed by atoms with Crippen molar-refractivity contribution in [1.29, 1.82) is 0 Å². The van der Waals surface area contributed by atoms with Gasteiger partial charge < -0.3 is 5.11 Å². The summed E-state index contributed by atoms with van der Waals surface area (Å²) in [5, 5.41) is 15.5. The molecule has 7 heteroatoms. The van der Waals surface area contributed by atoms with Crippen molar-refractivity contribution >= 4 is 22.8 Å². The van der Waals surface area contributed by atoms with Gasteiger partial charge in [-0.15, -0.1) is 0 Å². The highest BCUT2D eigenvalue weighted by molar-refractivity contribution is 5.90. The molecule has 0 saturated heterocycles. The second-order valence-corrected chi connectivity index (χ2v) is 6.66. The lowest BCUT2D eigenvalue weighted by molar-refractivity contribution is -0.137. The molecule has 0 aliphatic rings. The van der Waals surface area contributed by atoms with Gasteiger partial charge >= 0.3 is 12.1 Å². The number of rotatable bonds is 4. The van der Waals surface area contributed by atoms with E-state index in [0.717, 1.165) is 34.5 Å². The minimum absolute atomic E-state index is 0.224. The van der Waals surface area contributed by atoms with E-state index >= 15 is 0 Å². The smallest absolute Gasteiger partial charge is 0.416 e. The predicted octanol–water partition coefficient (Wildman–Crippen LogP) is 5.81. The van der Waals surface area contributed by atoms with Gasteiger partial charge in [0, 0.05) is 23.4 Å². The standard InChI is InChI=1S/C23H15F3N2O2/c24-23(25,26)19-6-3-7-20(13-19)28-14-18(10-11-21(29)30)22(27-28)17-9-8-15-4-1-2-5-16(15)12-17/h1-14H,(H,29,30)/b11-10+. The van der Waals surface area contributed by atoms with Crippen LogP contribution in [0.4, 0.5) is 13.2 Å². The van der Waals surface area contributed by atoms with Gasteiger partial charge in [-0.1, -0.05) is 42.5 Å². The zero-order chi connectivity index (χ0) is 21.3. The van der Waals surface area contributed by atoms with E-state index in [9.17, 15) is 18.0 Å². The minimum Gasteiger partial charge on any atom is -0.478 e. The highest BCUT2D eigenvalue weighted by Crippen LogP contribution is 2.32.